The van der Waals surface area contributed by atoms with E-state index in [1.54, 1.807) is 25.5 Å². The van der Waals surface area contributed by atoms with Gasteiger partial charge in [0.2, 0.25) is 5.88 Å². The van der Waals surface area contributed by atoms with Crippen LogP contribution in [-0.2, 0) is 10.8 Å². The van der Waals surface area contributed by atoms with Crippen molar-refractivity contribution in [2.75, 3.05) is 36.7 Å². The fraction of sp³-hybridized carbons (Fsp3) is 0.500. The number of methoxy groups -OCH3 is 1. The van der Waals surface area contributed by atoms with Gasteiger partial charge in [-0.2, -0.15) is 4.98 Å². The van der Waals surface area contributed by atoms with Crippen LogP contribution in [0, 0.1) is 0 Å². The highest BCUT2D eigenvalue weighted by molar-refractivity contribution is 7.84. The molecule has 0 fully saturated rings. The number of pyridine rings is 1. The molecule has 1 heterocycles. The van der Waals surface area contributed by atoms with Crippen LogP contribution in [0.1, 0.15) is 6.42 Å². The van der Waals surface area contributed by atoms with Gasteiger partial charge in [0.15, 0.2) is 5.82 Å². The molecule has 90 valence electrons. The van der Waals surface area contributed by atoms with Gasteiger partial charge in [-0.1, -0.05) is 0 Å². The van der Waals surface area contributed by atoms with Crippen molar-refractivity contribution in [1.29, 1.82) is 0 Å². The molecule has 1 atom stereocenters. The third kappa shape index (κ3) is 4.06. The number of nitrogen functional groups attached to an aromatic ring is 1. The van der Waals surface area contributed by atoms with Gasteiger partial charge in [0.1, 0.15) is 0 Å². The summed E-state index contributed by atoms with van der Waals surface area (Å²) in [5.41, 5.74) is 6.33. The number of hydrogen-bond donors (Lipinski definition) is 2. The topological polar surface area (TPSA) is 77.2 Å². The molecule has 0 aromatic carbocycles. The fourth-order valence-electron chi connectivity index (χ4n) is 1.19. The van der Waals surface area contributed by atoms with E-state index in [-0.39, 0.29) is 0 Å². The number of nitrogens with zero attached hydrogens (tertiary/aromatic N) is 1. The third-order valence-electron chi connectivity index (χ3n) is 2.01. The zero-order chi connectivity index (χ0) is 12.0. The van der Waals surface area contributed by atoms with E-state index in [1.807, 2.05) is 0 Å². The molecule has 0 radical (unpaired) electrons. The predicted octanol–water partition coefficient (Wildman–Crippen LogP) is 0.853. The molecule has 0 aliphatic carbocycles. The first-order valence-corrected chi connectivity index (χ1v) is 6.70. The van der Waals surface area contributed by atoms with Crippen molar-refractivity contribution in [2.45, 2.75) is 6.42 Å². The quantitative estimate of drug-likeness (QED) is 0.724. The van der Waals surface area contributed by atoms with Crippen LogP contribution in [0.5, 0.6) is 5.88 Å². The summed E-state index contributed by atoms with van der Waals surface area (Å²) in [6.07, 6.45) is 2.51. The predicted molar refractivity (Wildman–Crippen MR) is 67.2 cm³/mol. The van der Waals surface area contributed by atoms with E-state index < -0.39 is 10.8 Å². The molecule has 0 amide bonds. The van der Waals surface area contributed by atoms with E-state index in [9.17, 15) is 4.21 Å². The number of nitrogens with one attached hydrogen (secondary N) is 1. The normalized spacial score (nSPS) is 12.1. The van der Waals surface area contributed by atoms with Gasteiger partial charge in [0, 0.05) is 35.4 Å². The Balaban J connectivity index is 2.49. The second-order valence-electron chi connectivity index (χ2n) is 3.35. The molecule has 3 N–H and O–H groups in total. The van der Waals surface area contributed by atoms with E-state index in [0.29, 0.717) is 29.7 Å². The summed E-state index contributed by atoms with van der Waals surface area (Å²) in [4.78, 5) is 4.17. The summed E-state index contributed by atoms with van der Waals surface area (Å²) in [5, 5.41) is 3.09. The Morgan fingerprint density at radius 1 is 1.56 bits per heavy atom. The number of rotatable bonds is 6. The molecule has 6 heteroatoms. The van der Waals surface area contributed by atoms with Crippen molar-refractivity contribution in [3.63, 3.8) is 0 Å². The minimum atomic E-state index is -0.751. The van der Waals surface area contributed by atoms with Crippen LogP contribution in [0.2, 0.25) is 0 Å². The zero-order valence-electron chi connectivity index (χ0n) is 9.53. The van der Waals surface area contributed by atoms with Gasteiger partial charge in [-0.3, -0.25) is 4.21 Å². The molecule has 1 rings (SSSR count). The molecule has 0 bridgehead atoms. The first-order valence-electron chi connectivity index (χ1n) is 4.98. The highest BCUT2D eigenvalue weighted by atomic mass is 32.2. The Labute approximate surface area is 97.9 Å². The van der Waals surface area contributed by atoms with Crippen molar-refractivity contribution in [3.05, 3.63) is 12.1 Å². The summed E-state index contributed by atoms with van der Waals surface area (Å²) < 4.78 is 15.8. The molecule has 5 nitrogen and oxygen atoms in total. The Morgan fingerprint density at radius 2 is 2.31 bits per heavy atom. The van der Waals surface area contributed by atoms with Crippen molar-refractivity contribution >= 4 is 22.3 Å². The number of aromatic nitrogens is 1. The van der Waals surface area contributed by atoms with Gasteiger partial charge < -0.3 is 15.8 Å². The Bertz CT molecular complexity index is 371. The minimum absolute atomic E-state index is 0.524. The lowest BCUT2D eigenvalue weighted by molar-refractivity contribution is 0.398. The Morgan fingerprint density at radius 3 is 2.94 bits per heavy atom. The van der Waals surface area contributed by atoms with Crippen LogP contribution < -0.4 is 15.8 Å². The van der Waals surface area contributed by atoms with Crippen molar-refractivity contribution in [2.24, 2.45) is 0 Å². The van der Waals surface area contributed by atoms with Crippen LogP contribution >= 0.6 is 0 Å². The minimum Gasteiger partial charge on any atom is -0.481 e. The van der Waals surface area contributed by atoms with E-state index in [4.69, 9.17) is 10.5 Å². The number of ether oxygens (including phenoxy) is 1. The summed E-state index contributed by atoms with van der Waals surface area (Å²) in [5.74, 6) is 1.81. The van der Waals surface area contributed by atoms with E-state index in [0.717, 1.165) is 6.42 Å². The molecule has 1 aromatic heterocycles. The fourth-order valence-corrected chi connectivity index (χ4v) is 1.74. The van der Waals surface area contributed by atoms with Crippen molar-refractivity contribution in [3.8, 4) is 5.88 Å². The first kappa shape index (κ1) is 12.8. The first-order chi connectivity index (χ1) is 7.63. The standard InChI is InChI=1S/C10H17N3O2S/c1-15-9-5-4-8(11)10(13-9)12-6-3-7-16(2)14/h4-5H,3,6-7,11H2,1-2H3,(H,12,13). The molecule has 16 heavy (non-hydrogen) atoms. The summed E-state index contributed by atoms with van der Waals surface area (Å²) in [6.45, 7) is 0.698. The molecule has 0 saturated heterocycles. The molecule has 0 saturated carbocycles. The van der Waals surface area contributed by atoms with Crippen LogP contribution in [0.3, 0.4) is 0 Å². The maximum atomic E-state index is 10.8. The average Bonchev–Trinajstić information content (AvgIpc) is 2.26. The largest absolute Gasteiger partial charge is 0.481 e. The van der Waals surface area contributed by atoms with Gasteiger partial charge in [0.05, 0.1) is 12.8 Å². The van der Waals surface area contributed by atoms with Crippen LogP contribution in [0.4, 0.5) is 11.5 Å². The van der Waals surface area contributed by atoms with Gasteiger partial charge >= 0.3 is 0 Å². The van der Waals surface area contributed by atoms with E-state index in [2.05, 4.69) is 10.3 Å². The molecule has 0 aliphatic rings. The van der Waals surface area contributed by atoms with Gasteiger partial charge in [-0.05, 0) is 12.5 Å². The lowest BCUT2D eigenvalue weighted by Gasteiger charge is -2.09. The highest BCUT2D eigenvalue weighted by Gasteiger charge is 2.02. The van der Waals surface area contributed by atoms with Crippen LogP contribution in [0.15, 0.2) is 12.1 Å². The zero-order valence-corrected chi connectivity index (χ0v) is 10.3. The SMILES string of the molecule is COc1ccc(N)c(NCCCS(C)=O)n1. The highest BCUT2D eigenvalue weighted by Crippen LogP contribution is 2.19. The van der Waals surface area contributed by atoms with Crippen LogP contribution in [-0.4, -0.2) is 34.9 Å². The van der Waals surface area contributed by atoms with E-state index in [1.165, 1.54) is 0 Å². The van der Waals surface area contributed by atoms with Crippen molar-refractivity contribution in [1.82, 2.24) is 4.98 Å². The molecule has 1 aromatic rings. The van der Waals surface area contributed by atoms with Crippen LogP contribution in [0.25, 0.3) is 0 Å². The monoisotopic (exact) mass is 243 g/mol. The van der Waals surface area contributed by atoms with Gasteiger partial charge in [-0.15, -0.1) is 0 Å². The third-order valence-corrected chi connectivity index (χ3v) is 2.87. The lowest BCUT2D eigenvalue weighted by atomic mass is 10.3. The summed E-state index contributed by atoms with van der Waals surface area (Å²) in [7, 11) is 0.807. The average molecular weight is 243 g/mol. The van der Waals surface area contributed by atoms with Gasteiger partial charge in [0.25, 0.3) is 0 Å². The summed E-state index contributed by atoms with van der Waals surface area (Å²) >= 11 is 0. The Hall–Kier alpha value is -1.30. The second-order valence-corrected chi connectivity index (χ2v) is 4.90. The smallest absolute Gasteiger partial charge is 0.215 e. The molecular weight excluding hydrogens is 226 g/mol. The molecule has 0 aliphatic heterocycles. The van der Waals surface area contributed by atoms with Gasteiger partial charge in [-0.25, -0.2) is 0 Å². The molecule has 0 spiro atoms. The second kappa shape index (κ2) is 6.32. The van der Waals surface area contributed by atoms with E-state index >= 15 is 0 Å². The maximum Gasteiger partial charge on any atom is 0.215 e. The lowest BCUT2D eigenvalue weighted by Crippen LogP contribution is -2.09. The number of hydrogen-bond acceptors (Lipinski definition) is 5. The summed E-state index contributed by atoms with van der Waals surface area (Å²) in [6, 6.07) is 3.45. The Kier molecular flexibility index (Phi) is 5.04. The number of anilines is 2. The molecular formula is C10H17N3O2S. The maximum absolute atomic E-state index is 10.8. The van der Waals surface area contributed by atoms with Crippen molar-refractivity contribution < 1.29 is 8.95 Å². The number of nitrogens with two attached hydrogens (primary N) is 1. The molecule has 1 unspecified atom stereocenters.